The van der Waals surface area contributed by atoms with Gasteiger partial charge in [-0.05, 0) is 67.3 Å². The van der Waals surface area contributed by atoms with Crippen molar-refractivity contribution in [2.75, 3.05) is 31.7 Å². The van der Waals surface area contributed by atoms with Gasteiger partial charge in [0, 0.05) is 39.8 Å². The van der Waals surface area contributed by atoms with Crippen molar-refractivity contribution in [2.24, 2.45) is 29.0 Å². The van der Waals surface area contributed by atoms with Crippen molar-refractivity contribution in [2.45, 2.75) is 134 Å². The molecule has 1 unspecified atom stereocenters. The van der Waals surface area contributed by atoms with Crippen LogP contribution in [0, 0.1) is 11.8 Å². The molecule has 3 rings (SSSR count). The lowest BCUT2D eigenvalue weighted by Gasteiger charge is -2.31. The Morgan fingerprint density at radius 2 is 1.55 bits per heavy atom. The fourth-order valence-corrected chi connectivity index (χ4v) is 8.19. The first-order valence-electron chi connectivity index (χ1n) is 25.8. The molecule has 24 heteroatoms. The van der Waals surface area contributed by atoms with E-state index in [1.165, 1.54) is 7.11 Å². The Morgan fingerprint density at radius 1 is 0.884 bits per heavy atom. The number of methoxy groups -OCH3 is 1. The monoisotopic (exact) mass is 995 g/mol. The van der Waals surface area contributed by atoms with E-state index in [0.29, 0.717) is 24.7 Å². The zero-order valence-corrected chi connectivity index (χ0v) is 39.8. The van der Waals surface area contributed by atoms with Gasteiger partial charge >= 0.3 is 0 Å². The summed E-state index contributed by atoms with van der Waals surface area (Å²) in [6.07, 6.45) is -5.48. The lowest BCUT2D eigenvalue weighted by atomic mass is 9.96. The molecule has 0 saturated carbocycles. The molecular formula is C45H69N11O12S. The van der Waals surface area contributed by atoms with E-state index < -0.39 is 158 Å². The van der Waals surface area contributed by atoms with Gasteiger partial charge in [-0.1, -0.05) is 46.2 Å². The largest absolute Gasteiger partial charge is 0.497 e. The smallest absolute Gasteiger partial charge is 0.246 e. The summed E-state index contributed by atoms with van der Waals surface area (Å²) < 4.78 is 63.5. The zero-order valence-electron chi connectivity index (χ0n) is 46.0. The summed E-state index contributed by atoms with van der Waals surface area (Å²) in [7, 11) is 1.47. The Bertz CT molecular complexity index is 2340. The SMILES string of the molecule is [2H]C([2H])([2H])C([2H])(C)C([2H])([2H])[C@]([2H])(NC(=O)[C@@H]1CCCN1C(=O)[C@@H]1CSCCCC(=O)N[C@@H](Cc2ccc(OC)cc2)C(=O)N[C@@H]([C@@H](C)CC)C(=O)N[C@@H](CCC(N)=O)C(=O)N[C@@H](CC(N)=O)C(=O)N1)C(=O)NCC(N)=O. The molecule has 0 bridgehead atoms. The van der Waals surface area contributed by atoms with Crippen LogP contribution < -0.4 is 59.2 Å². The van der Waals surface area contributed by atoms with E-state index in [0.717, 1.165) is 16.7 Å². The van der Waals surface area contributed by atoms with Crippen LogP contribution in [0.15, 0.2) is 24.3 Å². The Labute approximate surface area is 415 Å². The average Bonchev–Trinajstić information content (AvgIpc) is 3.84. The molecular weight excluding hydrogens is 919 g/mol. The van der Waals surface area contributed by atoms with Crippen molar-refractivity contribution in [1.82, 2.24) is 42.1 Å². The number of nitrogens with two attached hydrogens (primary N) is 3. The minimum absolute atomic E-state index is 0.0424. The quantitative estimate of drug-likeness (QED) is 0.0728. The van der Waals surface area contributed by atoms with Gasteiger partial charge in [0.2, 0.25) is 65.0 Å². The molecule has 11 amide bonds. The number of hydrogen-bond donors (Lipinski definition) is 10. The van der Waals surface area contributed by atoms with Crippen LogP contribution in [0.3, 0.4) is 0 Å². The van der Waals surface area contributed by atoms with Crippen molar-refractivity contribution in [3.63, 3.8) is 0 Å². The number of nitrogens with zero attached hydrogens (tertiary/aromatic N) is 1. The van der Waals surface area contributed by atoms with E-state index in [1.54, 1.807) is 38.1 Å². The number of carbonyl (C=O) groups excluding carboxylic acids is 11. The molecule has 2 saturated heterocycles. The molecule has 2 heterocycles. The van der Waals surface area contributed by atoms with E-state index in [2.05, 4.69) is 26.6 Å². The first-order valence-corrected chi connectivity index (χ1v) is 23.4. The second kappa shape index (κ2) is 28.1. The molecule has 0 aromatic heterocycles. The van der Waals surface area contributed by atoms with Crippen molar-refractivity contribution in [3.05, 3.63) is 29.8 Å². The van der Waals surface area contributed by atoms with E-state index >= 15 is 0 Å². The molecule has 69 heavy (non-hydrogen) atoms. The van der Waals surface area contributed by atoms with Crippen molar-refractivity contribution in [3.8, 4) is 5.75 Å². The highest BCUT2D eigenvalue weighted by Crippen LogP contribution is 2.22. The van der Waals surface area contributed by atoms with Gasteiger partial charge in [-0.25, -0.2) is 0 Å². The molecule has 382 valence electrons. The summed E-state index contributed by atoms with van der Waals surface area (Å²) in [5, 5.41) is 16.5. The molecule has 13 N–H and O–H groups in total. The third-order valence-corrected chi connectivity index (χ3v) is 12.2. The highest BCUT2D eigenvalue weighted by Gasteiger charge is 2.40. The fraction of sp³-hybridized carbons (Fsp3) is 0.622. The van der Waals surface area contributed by atoms with Crippen LogP contribution in [0.1, 0.15) is 101 Å². The van der Waals surface area contributed by atoms with E-state index in [-0.39, 0.29) is 50.2 Å². The third-order valence-electron chi connectivity index (χ3n) is 11.0. The standard InChI is InChI=1S/C45H69N11O12S/c1-6-25(4)38-44(66)51-28(15-16-34(46)57)40(62)52-31(21-35(47)58)41(63)54-32(23-69-18-8-10-37(60)50-30(42(64)55-38)20-26-11-13-27(68-5)14-12-26)45(67)56-17-7-9-33(56)43(65)53-29(19-24(2)3)39(61)49-22-36(48)59/h11-14,24-25,28-33,38H,6-10,15-23H2,1-5H3,(H2,46,57)(H2,47,58)(H2,48,59)(H,49,61)(H,50,60)(H,51,66)(H,52,62)(H,53,65)(H,54,63)(H,55,64)/t25-,28-,29-,30-,31-,32-,33-,38-/m0/s1/i2D3,19D2,24D,29D/t24?,25-,28-,29-,30-,31-,32-,33-,38-. The molecule has 2 fully saturated rings. The van der Waals surface area contributed by atoms with Gasteiger partial charge in [0.05, 0.1) is 21.4 Å². The third kappa shape index (κ3) is 18.9. The van der Waals surface area contributed by atoms with Gasteiger partial charge in [-0.3, -0.25) is 52.7 Å². The number of benzene rings is 1. The number of amides is 11. The fourth-order valence-electron chi connectivity index (χ4n) is 7.21. The normalized spacial score (nSPS) is 26.3. The van der Waals surface area contributed by atoms with Crippen molar-refractivity contribution >= 4 is 76.7 Å². The van der Waals surface area contributed by atoms with Crippen LogP contribution >= 0.6 is 11.8 Å². The number of primary amides is 3. The van der Waals surface area contributed by atoms with E-state index in [9.17, 15) is 52.7 Å². The summed E-state index contributed by atoms with van der Waals surface area (Å²) in [6, 6.07) is -6.39. The summed E-state index contributed by atoms with van der Waals surface area (Å²) in [6.45, 7) is -0.777. The lowest BCUT2D eigenvalue weighted by molar-refractivity contribution is -0.142. The Morgan fingerprint density at radius 3 is 2.17 bits per heavy atom. The van der Waals surface area contributed by atoms with Gasteiger partial charge in [-0.2, -0.15) is 11.8 Å². The summed E-state index contributed by atoms with van der Waals surface area (Å²) in [5.74, 6) is -15.4. The number of likely N-dealkylation sites (tertiary alicyclic amines) is 1. The Balaban J connectivity index is 2.11. The summed E-state index contributed by atoms with van der Waals surface area (Å²) >= 11 is 1.03. The Hall–Kier alpha value is -6.46. The zero-order chi connectivity index (χ0) is 57.5. The van der Waals surface area contributed by atoms with Crippen LogP contribution in [0.25, 0.3) is 0 Å². The van der Waals surface area contributed by atoms with Crippen LogP contribution in [0.4, 0.5) is 0 Å². The Kier molecular flexibility index (Phi) is 18.9. The van der Waals surface area contributed by atoms with Gasteiger partial charge in [0.25, 0.3) is 0 Å². The molecule has 0 aliphatic carbocycles. The number of carbonyl (C=O) groups is 11. The lowest BCUT2D eigenvalue weighted by Crippen LogP contribution is -2.61. The summed E-state index contributed by atoms with van der Waals surface area (Å²) in [4.78, 5) is 149. The maximum atomic E-state index is 14.6. The second-order valence-corrected chi connectivity index (χ2v) is 17.7. The van der Waals surface area contributed by atoms with Gasteiger partial charge in [0.15, 0.2) is 0 Å². The average molecular weight is 995 g/mol. The van der Waals surface area contributed by atoms with Crippen molar-refractivity contribution < 1.29 is 67.1 Å². The minimum atomic E-state index is -3.77. The molecule has 1 aromatic carbocycles. The molecule has 9 atom stereocenters. The van der Waals surface area contributed by atoms with Crippen LogP contribution in [0.2, 0.25) is 0 Å². The maximum Gasteiger partial charge on any atom is 0.246 e. The minimum Gasteiger partial charge on any atom is -0.497 e. The topological polar surface area (TPSA) is 363 Å². The highest BCUT2D eigenvalue weighted by atomic mass is 32.2. The highest BCUT2D eigenvalue weighted by molar-refractivity contribution is 7.99. The first-order chi connectivity index (χ1) is 35.3. The molecule has 23 nitrogen and oxygen atoms in total. The van der Waals surface area contributed by atoms with Gasteiger partial charge in [-0.15, -0.1) is 0 Å². The predicted molar refractivity (Wildman–Crippen MR) is 253 cm³/mol. The van der Waals surface area contributed by atoms with Crippen molar-refractivity contribution in [1.29, 1.82) is 0 Å². The van der Waals surface area contributed by atoms with Gasteiger partial charge < -0.3 is 64.1 Å². The number of ether oxygens (including phenoxy) is 1. The number of nitrogens with one attached hydrogen (secondary N) is 7. The van der Waals surface area contributed by atoms with Gasteiger partial charge in [0.1, 0.15) is 48.0 Å². The molecule has 2 aliphatic rings. The molecule has 0 radical (unpaired) electrons. The van der Waals surface area contributed by atoms with Crippen LogP contribution in [-0.2, 0) is 59.2 Å². The molecule has 2 aliphatic heterocycles. The second-order valence-electron chi connectivity index (χ2n) is 16.5. The number of rotatable bonds is 18. The number of hydrogen-bond acceptors (Lipinski definition) is 13. The van der Waals surface area contributed by atoms with E-state index in [1.807, 2.05) is 10.6 Å². The van der Waals surface area contributed by atoms with Crippen LogP contribution in [-0.4, -0.2) is 144 Å². The maximum absolute atomic E-state index is 14.6. The number of thioether (sulfide) groups is 1. The van der Waals surface area contributed by atoms with Crippen LogP contribution in [0.5, 0.6) is 5.75 Å². The first kappa shape index (κ1) is 46.3. The van der Waals surface area contributed by atoms with E-state index in [4.69, 9.17) is 31.5 Å². The molecule has 1 aromatic rings. The predicted octanol–water partition coefficient (Wildman–Crippen LogP) is -2.50. The summed E-state index contributed by atoms with van der Waals surface area (Å²) in [5.41, 5.74) is 16.6. The molecule has 0 spiro atoms.